The maximum absolute atomic E-state index is 5.97. The predicted octanol–water partition coefficient (Wildman–Crippen LogP) is 3.87. The highest BCUT2D eigenvalue weighted by atomic mass is 32.2. The van der Waals surface area contributed by atoms with Crippen molar-refractivity contribution in [1.29, 1.82) is 0 Å². The largest absolute Gasteiger partial charge is 0.493 e. The van der Waals surface area contributed by atoms with Gasteiger partial charge in [0, 0.05) is 12.1 Å². The highest BCUT2D eigenvalue weighted by Gasteiger charge is 2.07. The van der Waals surface area contributed by atoms with E-state index in [2.05, 4.69) is 50.5 Å². The van der Waals surface area contributed by atoms with Crippen molar-refractivity contribution < 1.29 is 4.74 Å². The number of thioether (sulfide) groups is 1. The number of hydrogen-bond donors (Lipinski definition) is 1. The van der Waals surface area contributed by atoms with Gasteiger partial charge < -0.3 is 10.1 Å². The van der Waals surface area contributed by atoms with Crippen molar-refractivity contribution in [3.63, 3.8) is 0 Å². The summed E-state index contributed by atoms with van der Waals surface area (Å²) in [7, 11) is 0. The summed E-state index contributed by atoms with van der Waals surface area (Å²) in [6, 6.07) is 6.39. The molecule has 2 nitrogen and oxygen atoms in total. The first kappa shape index (κ1) is 16.4. The molecule has 1 aromatic carbocycles. The lowest BCUT2D eigenvalue weighted by atomic mass is 10.1. The SMILES string of the molecule is CSCCCOc1c(C)cccc1CNCC(C)C. The van der Waals surface area contributed by atoms with Crippen LogP contribution in [0.5, 0.6) is 5.75 Å². The fraction of sp³-hybridized carbons (Fsp3) is 0.625. The Balaban J connectivity index is 2.56. The molecule has 1 N–H and O–H groups in total. The first-order valence-electron chi connectivity index (χ1n) is 7.06. The lowest BCUT2D eigenvalue weighted by Crippen LogP contribution is -2.19. The van der Waals surface area contributed by atoms with Gasteiger partial charge in [-0.25, -0.2) is 0 Å². The number of rotatable bonds is 9. The molecule has 0 fully saturated rings. The van der Waals surface area contributed by atoms with Crippen molar-refractivity contribution in [2.45, 2.75) is 33.7 Å². The fourth-order valence-corrected chi connectivity index (χ4v) is 2.34. The van der Waals surface area contributed by atoms with Crippen LogP contribution in [-0.2, 0) is 6.54 Å². The molecule has 0 aliphatic carbocycles. The fourth-order valence-electron chi connectivity index (χ4n) is 1.93. The Hall–Kier alpha value is -0.670. The van der Waals surface area contributed by atoms with Gasteiger partial charge in [0.2, 0.25) is 0 Å². The minimum absolute atomic E-state index is 0.677. The van der Waals surface area contributed by atoms with Gasteiger partial charge in [-0.1, -0.05) is 32.0 Å². The van der Waals surface area contributed by atoms with Crippen molar-refractivity contribution in [3.8, 4) is 5.75 Å². The number of ether oxygens (including phenoxy) is 1. The summed E-state index contributed by atoms with van der Waals surface area (Å²) in [5.41, 5.74) is 2.50. The molecule has 0 amide bonds. The number of hydrogen-bond acceptors (Lipinski definition) is 3. The average molecular weight is 281 g/mol. The second-order valence-electron chi connectivity index (χ2n) is 5.28. The van der Waals surface area contributed by atoms with E-state index >= 15 is 0 Å². The first-order valence-corrected chi connectivity index (χ1v) is 8.45. The van der Waals surface area contributed by atoms with Gasteiger partial charge >= 0.3 is 0 Å². The van der Waals surface area contributed by atoms with Crippen LogP contribution in [0.25, 0.3) is 0 Å². The van der Waals surface area contributed by atoms with Gasteiger partial charge in [0.05, 0.1) is 6.61 Å². The number of benzene rings is 1. The van der Waals surface area contributed by atoms with E-state index in [4.69, 9.17) is 4.74 Å². The molecular weight excluding hydrogens is 254 g/mol. The molecule has 0 saturated carbocycles. The summed E-state index contributed by atoms with van der Waals surface area (Å²) < 4.78 is 5.97. The summed E-state index contributed by atoms with van der Waals surface area (Å²) in [5, 5.41) is 3.49. The molecule has 0 aliphatic rings. The monoisotopic (exact) mass is 281 g/mol. The number of para-hydroxylation sites is 1. The van der Waals surface area contributed by atoms with E-state index in [1.165, 1.54) is 11.1 Å². The number of nitrogens with one attached hydrogen (secondary N) is 1. The minimum Gasteiger partial charge on any atom is -0.493 e. The molecule has 19 heavy (non-hydrogen) atoms. The predicted molar refractivity (Wildman–Crippen MR) is 86.2 cm³/mol. The van der Waals surface area contributed by atoms with E-state index in [0.717, 1.165) is 37.6 Å². The van der Waals surface area contributed by atoms with Crippen molar-refractivity contribution in [2.75, 3.05) is 25.2 Å². The van der Waals surface area contributed by atoms with Gasteiger partial charge in [0.15, 0.2) is 0 Å². The standard InChI is InChI=1S/C16H27NOS/c1-13(2)11-17-12-15-8-5-7-14(3)16(15)18-9-6-10-19-4/h5,7-8,13,17H,6,9-12H2,1-4H3. The van der Waals surface area contributed by atoms with E-state index in [-0.39, 0.29) is 0 Å². The van der Waals surface area contributed by atoms with Crippen LogP contribution in [0.2, 0.25) is 0 Å². The molecule has 0 aliphatic heterocycles. The molecule has 1 rings (SSSR count). The number of aryl methyl sites for hydroxylation is 1. The Morgan fingerprint density at radius 1 is 1.32 bits per heavy atom. The van der Waals surface area contributed by atoms with Gasteiger partial charge in [-0.15, -0.1) is 0 Å². The summed E-state index contributed by atoms with van der Waals surface area (Å²) in [4.78, 5) is 0. The second kappa shape index (κ2) is 9.27. The minimum atomic E-state index is 0.677. The Morgan fingerprint density at radius 3 is 2.79 bits per heavy atom. The normalized spacial score (nSPS) is 11.0. The zero-order chi connectivity index (χ0) is 14.1. The van der Waals surface area contributed by atoms with E-state index in [0.29, 0.717) is 5.92 Å². The van der Waals surface area contributed by atoms with Gasteiger partial charge in [0.1, 0.15) is 5.75 Å². The lowest BCUT2D eigenvalue weighted by molar-refractivity contribution is 0.312. The third-order valence-corrected chi connectivity index (χ3v) is 3.60. The van der Waals surface area contributed by atoms with E-state index in [9.17, 15) is 0 Å². The third-order valence-electron chi connectivity index (χ3n) is 2.90. The summed E-state index contributed by atoms with van der Waals surface area (Å²) >= 11 is 1.87. The highest BCUT2D eigenvalue weighted by molar-refractivity contribution is 7.98. The Morgan fingerprint density at radius 2 is 2.11 bits per heavy atom. The lowest BCUT2D eigenvalue weighted by Gasteiger charge is -2.15. The van der Waals surface area contributed by atoms with Gasteiger partial charge in [0.25, 0.3) is 0 Å². The molecule has 0 unspecified atom stereocenters. The van der Waals surface area contributed by atoms with Crippen LogP contribution in [0.15, 0.2) is 18.2 Å². The van der Waals surface area contributed by atoms with Gasteiger partial charge in [-0.05, 0) is 43.4 Å². The molecule has 108 valence electrons. The molecule has 0 saturated heterocycles. The second-order valence-corrected chi connectivity index (χ2v) is 6.27. The Labute approximate surface area is 122 Å². The molecular formula is C16H27NOS. The molecule has 0 bridgehead atoms. The molecule has 0 spiro atoms. The van der Waals surface area contributed by atoms with Crippen LogP contribution in [0.4, 0.5) is 0 Å². The quantitative estimate of drug-likeness (QED) is 0.694. The molecule has 1 aromatic rings. The molecule has 0 aromatic heterocycles. The van der Waals surface area contributed by atoms with Crippen LogP contribution in [-0.4, -0.2) is 25.2 Å². The zero-order valence-electron chi connectivity index (χ0n) is 12.7. The summed E-state index contributed by atoms with van der Waals surface area (Å²) in [6.07, 6.45) is 3.24. The van der Waals surface area contributed by atoms with Crippen molar-refractivity contribution in [1.82, 2.24) is 5.32 Å². The zero-order valence-corrected chi connectivity index (χ0v) is 13.5. The van der Waals surface area contributed by atoms with Crippen LogP contribution in [0.1, 0.15) is 31.4 Å². The Bertz CT molecular complexity index is 366. The molecule has 0 heterocycles. The van der Waals surface area contributed by atoms with Crippen LogP contribution >= 0.6 is 11.8 Å². The maximum Gasteiger partial charge on any atom is 0.126 e. The van der Waals surface area contributed by atoms with Crippen LogP contribution in [0.3, 0.4) is 0 Å². The maximum atomic E-state index is 5.97. The smallest absolute Gasteiger partial charge is 0.126 e. The summed E-state index contributed by atoms with van der Waals surface area (Å²) in [6.45, 7) is 9.31. The van der Waals surface area contributed by atoms with E-state index < -0.39 is 0 Å². The van der Waals surface area contributed by atoms with Crippen molar-refractivity contribution >= 4 is 11.8 Å². The Kier molecular flexibility index (Phi) is 7.99. The highest BCUT2D eigenvalue weighted by Crippen LogP contribution is 2.23. The van der Waals surface area contributed by atoms with Crippen molar-refractivity contribution in [3.05, 3.63) is 29.3 Å². The van der Waals surface area contributed by atoms with E-state index in [1.54, 1.807) is 0 Å². The average Bonchev–Trinajstić information content (AvgIpc) is 2.36. The van der Waals surface area contributed by atoms with E-state index in [1.807, 2.05) is 11.8 Å². The first-order chi connectivity index (χ1) is 9.15. The topological polar surface area (TPSA) is 21.3 Å². The molecule has 0 radical (unpaired) electrons. The van der Waals surface area contributed by atoms with Crippen LogP contribution < -0.4 is 10.1 Å². The summed E-state index contributed by atoms with van der Waals surface area (Å²) in [5.74, 6) is 2.91. The molecule has 3 heteroatoms. The molecule has 0 atom stereocenters. The van der Waals surface area contributed by atoms with Crippen molar-refractivity contribution in [2.24, 2.45) is 5.92 Å². The third kappa shape index (κ3) is 6.35. The van der Waals surface area contributed by atoms with Crippen LogP contribution in [0, 0.1) is 12.8 Å². The van der Waals surface area contributed by atoms with Gasteiger partial charge in [-0.2, -0.15) is 11.8 Å². The van der Waals surface area contributed by atoms with Gasteiger partial charge in [-0.3, -0.25) is 0 Å².